The van der Waals surface area contributed by atoms with Crippen molar-refractivity contribution in [1.29, 1.82) is 0 Å². The Morgan fingerprint density at radius 2 is 2.20 bits per heavy atom. The van der Waals surface area contributed by atoms with Crippen molar-refractivity contribution >= 4 is 5.69 Å². The van der Waals surface area contributed by atoms with Crippen molar-refractivity contribution in [2.75, 3.05) is 0 Å². The largest absolute Gasteiger partial charge is 0.260 e. The quantitative estimate of drug-likeness (QED) is 0.316. The zero-order valence-corrected chi connectivity index (χ0v) is 6.44. The summed E-state index contributed by atoms with van der Waals surface area (Å²) < 4.78 is 0. The van der Waals surface area contributed by atoms with E-state index in [4.69, 9.17) is 0 Å². The topological polar surface area (TPSA) is 43.1 Å². The van der Waals surface area contributed by atoms with Crippen molar-refractivity contribution in [1.82, 2.24) is 0 Å². The molecule has 0 aliphatic rings. The number of rotatable bonds is 1. The number of benzene rings is 1. The van der Waals surface area contributed by atoms with E-state index in [-0.39, 0.29) is 26.1 Å². The molecule has 0 aliphatic heterocycles. The number of non-ortho nitro benzene ring substituents is 1. The molecular formula is C6H4NO2Pd-. The summed E-state index contributed by atoms with van der Waals surface area (Å²) in [6.07, 6.45) is 0. The fraction of sp³-hybridized carbons (Fsp3) is 0. The summed E-state index contributed by atoms with van der Waals surface area (Å²) in [7, 11) is 0. The second-order valence-corrected chi connectivity index (χ2v) is 1.50. The maximum Gasteiger partial charge on any atom is 0.162 e. The number of nitro benzene ring substituents is 1. The molecule has 1 aromatic rings. The molecule has 0 radical (unpaired) electrons. The zero-order chi connectivity index (χ0) is 6.69. The van der Waals surface area contributed by atoms with E-state index >= 15 is 0 Å². The summed E-state index contributed by atoms with van der Waals surface area (Å²) in [5, 5.41) is 9.98. The third-order valence-electron chi connectivity index (χ3n) is 0.889. The summed E-state index contributed by atoms with van der Waals surface area (Å²) in [5.74, 6) is 0. The zero-order valence-electron chi connectivity index (χ0n) is 4.89. The molecule has 10 heavy (non-hydrogen) atoms. The van der Waals surface area contributed by atoms with Gasteiger partial charge in [-0.1, -0.05) is 6.07 Å². The number of hydrogen-bond acceptors (Lipinski definition) is 2. The standard InChI is InChI=1S/C6H4NO2.Pd/c8-7(9)6-4-2-1-3-5-6;/h1-4H;/q-1;. The first-order valence-electron chi connectivity index (χ1n) is 2.42. The van der Waals surface area contributed by atoms with E-state index in [0.29, 0.717) is 0 Å². The molecule has 4 heteroatoms. The molecule has 0 unspecified atom stereocenters. The van der Waals surface area contributed by atoms with Crippen LogP contribution in [-0.4, -0.2) is 4.92 Å². The second kappa shape index (κ2) is 4.15. The van der Waals surface area contributed by atoms with Crippen molar-refractivity contribution in [3.63, 3.8) is 0 Å². The molecule has 0 amide bonds. The van der Waals surface area contributed by atoms with Gasteiger partial charge in [0.1, 0.15) is 0 Å². The Balaban J connectivity index is 0.000000810. The molecule has 1 rings (SSSR count). The molecule has 0 atom stereocenters. The van der Waals surface area contributed by atoms with E-state index in [1.54, 1.807) is 12.1 Å². The molecule has 0 aliphatic carbocycles. The second-order valence-electron chi connectivity index (χ2n) is 1.50. The van der Waals surface area contributed by atoms with Crippen LogP contribution in [0, 0.1) is 16.2 Å². The van der Waals surface area contributed by atoms with E-state index in [0.717, 1.165) is 0 Å². The van der Waals surface area contributed by atoms with Gasteiger partial charge in [0, 0.05) is 25.3 Å². The SMILES string of the molecule is O=[N+]([O-])c1[c-]cccc1.[Pd]. The molecule has 0 spiro atoms. The van der Waals surface area contributed by atoms with Gasteiger partial charge in [0.25, 0.3) is 0 Å². The predicted molar refractivity (Wildman–Crippen MR) is 31.9 cm³/mol. The minimum atomic E-state index is -0.472. The molecule has 0 fully saturated rings. The maximum absolute atomic E-state index is 9.98. The van der Waals surface area contributed by atoms with Crippen LogP contribution in [0.2, 0.25) is 0 Å². The van der Waals surface area contributed by atoms with Gasteiger partial charge in [-0.05, 0) is 0 Å². The summed E-state index contributed by atoms with van der Waals surface area (Å²) in [4.78, 5) is 9.50. The van der Waals surface area contributed by atoms with Crippen LogP contribution in [0.25, 0.3) is 0 Å². The summed E-state index contributed by atoms with van der Waals surface area (Å²) >= 11 is 0. The van der Waals surface area contributed by atoms with Crippen LogP contribution in [-0.2, 0) is 20.4 Å². The van der Waals surface area contributed by atoms with Gasteiger partial charge >= 0.3 is 0 Å². The molecule has 1 aromatic carbocycles. The molecule has 0 saturated heterocycles. The van der Waals surface area contributed by atoms with Gasteiger partial charge in [-0.3, -0.25) is 10.1 Å². The summed E-state index contributed by atoms with van der Waals surface area (Å²) in [6.45, 7) is 0. The van der Waals surface area contributed by atoms with Crippen molar-refractivity contribution in [2.24, 2.45) is 0 Å². The first kappa shape index (κ1) is 9.28. The Morgan fingerprint density at radius 3 is 2.50 bits per heavy atom. The van der Waals surface area contributed by atoms with E-state index < -0.39 is 4.92 Å². The first-order valence-corrected chi connectivity index (χ1v) is 2.42. The normalized spacial score (nSPS) is 8.00. The van der Waals surface area contributed by atoms with Crippen LogP contribution in [0.15, 0.2) is 24.3 Å². The third-order valence-corrected chi connectivity index (χ3v) is 0.889. The van der Waals surface area contributed by atoms with Crippen molar-refractivity contribution < 1.29 is 25.3 Å². The molecule has 0 bridgehead atoms. The van der Waals surface area contributed by atoms with Crippen molar-refractivity contribution in [3.05, 3.63) is 40.4 Å². The first-order chi connectivity index (χ1) is 4.30. The Labute approximate surface area is 71.9 Å². The predicted octanol–water partition coefficient (Wildman–Crippen LogP) is 1.39. The maximum atomic E-state index is 9.98. The fourth-order valence-electron chi connectivity index (χ4n) is 0.497. The van der Waals surface area contributed by atoms with Crippen molar-refractivity contribution in [3.8, 4) is 0 Å². The van der Waals surface area contributed by atoms with Gasteiger partial charge in [-0.2, -0.15) is 18.2 Å². The number of nitrogens with zero attached hydrogens (tertiary/aromatic N) is 1. The molecule has 0 N–H and O–H groups in total. The molecule has 0 aromatic heterocycles. The summed E-state index contributed by atoms with van der Waals surface area (Å²) in [5.41, 5.74) is 0.0116. The Kier molecular flexibility index (Phi) is 3.86. The van der Waals surface area contributed by atoms with Crippen LogP contribution in [0.4, 0.5) is 5.69 Å². The average molecular weight is 229 g/mol. The van der Waals surface area contributed by atoms with Gasteiger partial charge in [-0.15, -0.1) is 6.07 Å². The van der Waals surface area contributed by atoms with Gasteiger partial charge in [0.15, 0.2) is 5.69 Å². The number of para-hydroxylation sites is 1. The van der Waals surface area contributed by atoms with E-state index in [2.05, 4.69) is 6.07 Å². The number of hydrogen-bond donors (Lipinski definition) is 0. The van der Waals surface area contributed by atoms with Crippen LogP contribution in [0.1, 0.15) is 0 Å². The van der Waals surface area contributed by atoms with Gasteiger partial charge in [-0.25, -0.2) is 0 Å². The molecular weight excluding hydrogens is 224 g/mol. The van der Waals surface area contributed by atoms with Gasteiger partial charge < -0.3 is 0 Å². The average Bonchev–Trinajstić information content (AvgIpc) is 1.90. The molecule has 0 heterocycles. The Hall–Kier alpha value is -0.718. The summed E-state index contributed by atoms with van der Waals surface area (Å²) in [6, 6.07) is 8.68. The van der Waals surface area contributed by atoms with Crippen molar-refractivity contribution in [2.45, 2.75) is 0 Å². The Morgan fingerprint density at radius 1 is 1.50 bits per heavy atom. The van der Waals surface area contributed by atoms with Crippen LogP contribution in [0.5, 0.6) is 0 Å². The van der Waals surface area contributed by atoms with Crippen LogP contribution >= 0.6 is 0 Å². The smallest absolute Gasteiger partial charge is 0.162 e. The van der Waals surface area contributed by atoms with E-state index in [9.17, 15) is 10.1 Å². The third kappa shape index (κ3) is 2.26. The molecule has 0 saturated carbocycles. The molecule has 3 nitrogen and oxygen atoms in total. The fourth-order valence-corrected chi connectivity index (χ4v) is 0.497. The van der Waals surface area contributed by atoms with E-state index in [1.807, 2.05) is 0 Å². The van der Waals surface area contributed by atoms with Crippen LogP contribution < -0.4 is 0 Å². The minimum absolute atomic E-state index is 0. The Bertz CT molecular complexity index is 212. The van der Waals surface area contributed by atoms with Gasteiger partial charge in [0.05, 0.1) is 0 Å². The van der Waals surface area contributed by atoms with Gasteiger partial charge in [0.2, 0.25) is 0 Å². The number of nitro groups is 1. The van der Waals surface area contributed by atoms with Crippen LogP contribution in [0.3, 0.4) is 0 Å². The minimum Gasteiger partial charge on any atom is -0.260 e. The molecule has 56 valence electrons. The van der Waals surface area contributed by atoms with E-state index in [1.165, 1.54) is 12.1 Å². The monoisotopic (exact) mass is 228 g/mol.